The number of sulfonamides is 1. The molecule has 0 aliphatic rings. The number of hydrogen-bond donors (Lipinski definition) is 2. The molecule has 4 rings (SSSR count). The third kappa shape index (κ3) is 5.31. The maximum atomic E-state index is 12.7. The van der Waals surface area contributed by atoms with Gasteiger partial charge in [0.2, 0.25) is 10.0 Å². The number of rotatable bonds is 8. The number of ether oxygens (including phenoxy) is 1. The second-order valence-corrected chi connectivity index (χ2v) is 9.69. The van der Waals surface area contributed by atoms with Crippen LogP contribution in [0.15, 0.2) is 83.9 Å². The minimum absolute atomic E-state index is 0.120. The number of carbonyl (C=O) groups is 1. The molecule has 1 amide bonds. The largest absolute Gasteiger partial charge is 0.484 e. The lowest BCUT2D eigenvalue weighted by atomic mass is 10.1. The number of aromatic nitrogens is 1. The quantitative estimate of drug-likeness (QED) is 0.401. The van der Waals surface area contributed by atoms with Crippen molar-refractivity contribution in [2.75, 3.05) is 11.9 Å². The summed E-state index contributed by atoms with van der Waals surface area (Å²) in [6.45, 7) is 1.59. The maximum Gasteiger partial charge on any atom is 0.262 e. The molecule has 0 saturated carbocycles. The van der Waals surface area contributed by atoms with Gasteiger partial charge in [0.1, 0.15) is 5.75 Å². The molecule has 2 N–H and O–H groups in total. The van der Waals surface area contributed by atoms with Crippen LogP contribution in [0.5, 0.6) is 5.75 Å². The summed E-state index contributed by atoms with van der Waals surface area (Å²) in [6, 6.07) is 20.5. The molecular weight excluding hydrogens is 446 g/mol. The van der Waals surface area contributed by atoms with Crippen LogP contribution >= 0.6 is 11.5 Å². The van der Waals surface area contributed by atoms with Gasteiger partial charge in [-0.25, -0.2) is 13.1 Å². The van der Waals surface area contributed by atoms with E-state index in [9.17, 15) is 13.2 Å². The maximum absolute atomic E-state index is 12.7. The predicted octanol–water partition coefficient (Wildman–Crippen LogP) is 4.35. The third-order valence-corrected chi connectivity index (χ3v) is 7.11. The van der Waals surface area contributed by atoms with Gasteiger partial charge in [0.15, 0.2) is 6.61 Å². The van der Waals surface area contributed by atoms with Crippen LogP contribution in [0.25, 0.3) is 10.1 Å². The van der Waals surface area contributed by atoms with Gasteiger partial charge in [0.05, 0.1) is 9.60 Å². The molecule has 9 heteroatoms. The molecule has 0 spiro atoms. The van der Waals surface area contributed by atoms with Gasteiger partial charge in [-0.05, 0) is 66.5 Å². The van der Waals surface area contributed by atoms with E-state index in [-0.39, 0.29) is 23.5 Å². The van der Waals surface area contributed by atoms with Crippen LogP contribution in [0.1, 0.15) is 18.5 Å². The van der Waals surface area contributed by atoms with Crippen LogP contribution in [0.2, 0.25) is 0 Å². The first-order valence-corrected chi connectivity index (χ1v) is 12.1. The number of hydrogen-bond acceptors (Lipinski definition) is 6. The summed E-state index contributed by atoms with van der Waals surface area (Å²) in [4.78, 5) is 12.3. The molecule has 7 nitrogen and oxygen atoms in total. The van der Waals surface area contributed by atoms with Crippen molar-refractivity contribution in [2.24, 2.45) is 0 Å². The summed E-state index contributed by atoms with van der Waals surface area (Å²) >= 11 is 1.39. The second-order valence-electron chi connectivity index (χ2n) is 7.14. The molecule has 0 saturated heterocycles. The van der Waals surface area contributed by atoms with Crippen molar-refractivity contribution in [3.05, 3.63) is 84.6 Å². The van der Waals surface area contributed by atoms with Crippen molar-refractivity contribution in [1.82, 2.24) is 9.10 Å². The normalized spacial score (nSPS) is 12.4. The molecule has 1 heterocycles. The molecule has 0 unspecified atom stereocenters. The summed E-state index contributed by atoms with van der Waals surface area (Å²) < 4.78 is 38.6. The van der Waals surface area contributed by atoms with E-state index in [1.165, 1.54) is 35.8 Å². The zero-order valence-electron chi connectivity index (χ0n) is 17.2. The summed E-state index contributed by atoms with van der Waals surface area (Å²) in [5.41, 5.74) is 1.53. The van der Waals surface area contributed by atoms with Crippen LogP contribution in [0.4, 0.5) is 5.69 Å². The zero-order valence-corrected chi connectivity index (χ0v) is 18.8. The number of fused-ring (bicyclic) bond motifs is 1. The first-order chi connectivity index (χ1) is 15.4. The molecule has 0 bridgehead atoms. The van der Waals surface area contributed by atoms with Gasteiger partial charge in [0.25, 0.3) is 5.91 Å². The minimum atomic E-state index is -3.70. The Kier molecular flexibility index (Phi) is 6.50. The Bertz CT molecular complexity index is 1320. The number of anilines is 1. The van der Waals surface area contributed by atoms with Crippen molar-refractivity contribution >= 4 is 43.2 Å². The van der Waals surface area contributed by atoms with E-state index in [2.05, 4.69) is 14.4 Å². The van der Waals surface area contributed by atoms with E-state index < -0.39 is 10.0 Å². The minimum Gasteiger partial charge on any atom is -0.484 e. The lowest BCUT2D eigenvalue weighted by Gasteiger charge is -2.15. The van der Waals surface area contributed by atoms with Crippen molar-refractivity contribution < 1.29 is 17.9 Å². The van der Waals surface area contributed by atoms with Crippen molar-refractivity contribution in [3.8, 4) is 5.75 Å². The van der Waals surface area contributed by atoms with Crippen LogP contribution in [0.3, 0.4) is 0 Å². The number of benzene rings is 3. The van der Waals surface area contributed by atoms with E-state index in [1.54, 1.807) is 13.1 Å². The molecule has 4 aromatic rings. The Morgan fingerprint density at radius 2 is 1.81 bits per heavy atom. The number of nitrogens with one attached hydrogen (secondary N) is 2. The molecule has 32 heavy (non-hydrogen) atoms. The zero-order chi connectivity index (χ0) is 22.6. The average molecular weight is 468 g/mol. The highest BCUT2D eigenvalue weighted by atomic mass is 32.2. The second kappa shape index (κ2) is 9.47. The summed E-state index contributed by atoms with van der Waals surface area (Å²) in [5, 5.41) is 3.73. The Labute approximate surface area is 190 Å². The van der Waals surface area contributed by atoms with Gasteiger partial charge in [-0.2, -0.15) is 4.37 Å². The Hall–Kier alpha value is -3.27. The highest BCUT2D eigenvalue weighted by Crippen LogP contribution is 2.22. The summed E-state index contributed by atoms with van der Waals surface area (Å²) in [7, 11) is -3.70. The Morgan fingerprint density at radius 3 is 2.56 bits per heavy atom. The van der Waals surface area contributed by atoms with Gasteiger partial charge in [-0.1, -0.05) is 30.3 Å². The lowest BCUT2D eigenvalue weighted by Crippen LogP contribution is -2.26. The molecular formula is C23H21N3O4S2. The molecule has 1 atom stereocenters. The number of amides is 1. The van der Waals surface area contributed by atoms with E-state index in [0.717, 1.165) is 15.6 Å². The van der Waals surface area contributed by atoms with Crippen LogP contribution in [-0.2, 0) is 14.8 Å². The first kappa shape index (κ1) is 21.9. The van der Waals surface area contributed by atoms with Gasteiger partial charge < -0.3 is 10.1 Å². The number of carbonyl (C=O) groups excluding carboxylic acids is 1. The van der Waals surface area contributed by atoms with Crippen molar-refractivity contribution in [3.63, 3.8) is 0 Å². The van der Waals surface area contributed by atoms with Gasteiger partial charge >= 0.3 is 0 Å². The average Bonchev–Trinajstić information content (AvgIpc) is 3.26. The fourth-order valence-electron chi connectivity index (χ4n) is 3.12. The fraction of sp³-hybridized carbons (Fsp3) is 0.130. The summed E-state index contributed by atoms with van der Waals surface area (Å²) in [5.74, 6) is 0.0790. The van der Waals surface area contributed by atoms with Gasteiger partial charge in [-0.3, -0.25) is 4.79 Å². The summed E-state index contributed by atoms with van der Waals surface area (Å²) in [6.07, 6.45) is 1.75. The first-order valence-electron chi connectivity index (χ1n) is 9.85. The molecule has 0 fully saturated rings. The molecule has 3 aromatic carbocycles. The molecule has 0 radical (unpaired) electrons. The van der Waals surface area contributed by atoms with E-state index in [1.807, 2.05) is 48.5 Å². The van der Waals surface area contributed by atoms with E-state index in [4.69, 9.17) is 4.74 Å². The monoisotopic (exact) mass is 467 g/mol. The third-order valence-electron chi connectivity index (χ3n) is 4.77. The SMILES string of the molecule is C[C@@H](NS(=O)(=O)c1ccc(OCC(=O)Nc2ccc3sncc3c2)cc1)c1ccccc1. The smallest absolute Gasteiger partial charge is 0.262 e. The van der Waals surface area contributed by atoms with Crippen molar-refractivity contribution in [1.29, 1.82) is 0 Å². The van der Waals surface area contributed by atoms with E-state index >= 15 is 0 Å². The van der Waals surface area contributed by atoms with Crippen LogP contribution < -0.4 is 14.8 Å². The predicted molar refractivity (Wildman–Crippen MR) is 125 cm³/mol. The molecule has 0 aliphatic heterocycles. The Morgan fingerprint density at radius 1 is 1.06 bits per heavy atom. The van der Waals surface area contributed by atoms with Crippen LogP contribution in [-0.4, -0.2) is 25.3 Å². The highest BCUT2D eigenvalue weighted by molar-refractivity contribution is 7.89. The van der Waals surface area contributed by atoms with Gasteiger partial charge in [0, 0.05) is 23.3 Å². The van der Waals surface area contributed by atoms with Gasteiger partial charge in [-0.15, -0.1) is 0 Å². The van der Waals surface area contributed by atoms with E-state index in [0.29, 0.717) is 11.4 Å². The number of nitrogens with zero attached hydrogens (tertiary/aromatic N) is 1. The molecule has 164 valence electrons. The topological polar surface area (TPSA) is 97.4 Å². The Balaban J connectivity index is 1.33. The molecule has 0 aliphatic carbocycles. The van der Waals surface area contributed by atoms with Crippen molar-refractivity contribution in [2.45, 2.75) is 17.9 Å². The molecule has 1 aromatic heterocycles. The lowest BCUT2D eigenvalue weighted by molar-refractivity contribution is -0.118. The van der Waals surface area contributed by atoms with Crippen LogP contribution in [0, 0.1) is 0 Å². The standard InChI is InChI=1S/C23H21N3O4S2/c1-16(17-5-3-2-4-6-17)26-32(28,29)21-10-8-20(9-11-21)30-15-23(27)25-19-7-12-22-18(13-19)14-24-31-22/h2-14,16,26H,15H2,1H3,(H,25,27)/t16-/m1/s1. The fourth-order valence-corrected chi connectivity index (χ4v) is 4.98. The highest BCUT2D eigenvalue weighted by Gasteiger charge is 2.18.